The number of aliphatic hydroxyl groups excluding tert-OH is 1. The van der Waals surface area contributed by atoms with Crippen LogP contribution in [-0.2, 0) is 0 Å². The first-order valence-corrected chi connectivity index (χ1v) is 7.76. The van der Waals surface area contributed by atoms with E-state index in [0.29, 0.717) is 0 Å². The third kappa shape index (κ3) is 3.27. The molecule has 0 aromatic heterocycles. The van der Waals surface area contributed by atoms with Crippen molar-refractivity contribution in [1.82, 2.24) is 0 Å². The highest BCUT2D eigenvalue weighted by Gasteiger charge is 2.15. The summed E-state index contributed by atoms with van der Waals surface area (Å²) < 4.78 is 0. The summed E-state index contributed by atoms with van der Waals surface area (Å²) in [5.74, 6) is 0. The lowest BCUT2D eigenvalue weighted by atomic mass is 9.93. The van der Waals surface area contributed by atoms with Crippen LogP contribution >= 0.6 is 0 Å². The van der Waals surface area contributed by atoms with Crippen molar-refractivity contribution >= 4 is 5.69 Å². The minimum Gasteiger partial charge on any atom is -0.384 e. The van der Waals surface area contributed by atoms with E-state index in [1.54, 1.807) is 0 Å². The van der Waals surface area contributed by atoms with E-state index in [1.165, 1.54) is 0 Å². The van der Waals surface area contributed by atoms with Crippen LogP contribution in [0.1, 0.15) is 17.2 Å². The Balaban J connectivity index is 2.01. The van der Waals surface area contributed by atoms with Crippen LogP contribution in [0.4, 0.5) is 5.69 Å². The van der Waals surface area contributed by atoms with Gasteiger partial charge in [-0.15, -0.1) is 0 Å². The van der Waals surface area contributed by atoms with Gasteiger partial charge in [-0.05, 0) is 34.4 Å². The zero-order valence-electron chi connectivity index (χ0n) is 13.5. The van der Waals surface area contributed by atoms with E-state index in [0.717, 1.165) is 27.9 Å². The fraction of sp³-hybridized carbons (Fsp3) is 0.143. The molecule has 1 atom stereocenters. The quantitative estimate of drug-likeness (QED) is 0.767. The minimum atomic E-state index is -0.624. The number of nitrogens with zero attached hydrogens (tertiary/aromatic N) is 1. The smallest absolute Gasteiger partial charge is 0.105 e. The van der Waals surface area contributed by atoms with Crippen LogP contribution in [0.15, 0.2) is 78.9 Å². The number of hydrogen-bond acceptors (Lipinski definition) is 2. The summed E-state index contributed by atoms with van der Waals surface area (Å²) in [5.41, 5.74) is 5.17. The summed E-state index contributed by atoms with van der Waals surface area (Å²) in [6.07, 6.45) is -0.624. The average molecular weight is 303 g/mol. The van der Waals surface area contributed by atoms with Gasteiger partial charge in [0.2, 0.25) is 0 Å². The van der Waals surface area contributed by atoms with Crippen LogP contribution < -0.4 is 4.90 Å². The highest BCUT2D eigenvalue weighted by molar-refractivity contribution is 5.70. The van der Waals surface area contributed by atoms with E-state index in [2.05, 4.69) is 35.2 Å². The average Bonchev–Trinajstić information content (AvgIpc) is 2.62. The number of hydrogen-bond donors (Lipinski definition) is 1. The third-order valence-electron chi connectivity index (χ3n) is 4.07. The molecule has 0 bridgehead atoms. The van der Waals surface area contributed by atoms with E-state index in [9.17, 15) is 5.11 Å². The van der Waals surface area contributed by atoms with E-state index in [-0.39, 0.29) is 0 Å². The van der Waals surface area contributed by atoms with Gasteiger partial charge in [0, 0.05) is 19.8 Å². The number of benzene rings is 3. The highest BCUT2D eigenvalue weighted by atomic mass is 16.3. The van der Waals surface area contributed by atoms with Gasteiger partial charge in [0.25, 0.3) is 0 Å². The molecule has 0 aliphatic carbocycles. The fourth-order valence-electron chi connectivity index (χ4n) is 2.75. The predicted molar refractivity (Wildman–Crippen MR) is 96.7 cm³/mol. The van der Waals surface area contributed by atoms with Crippen molar-refractivity contribution in [3.05, 3.63) is 90.0 Å². The van der Waals surface area contributed by atoms with E-state index < -0.39 is 6.10 Å². The summed E-state index contributed by atoms with van der Waals surface area (Å²) in [7, 11) is 4.06. The first-order chi connectivity index (χ1) is 11.2. The molecule has 1 N–H and O–H groups in total. The Bertz CT molecular complexity index is 763. The van der Waals surface area contributed by atoms with Crippen LogP contribution in [0.2, 0.25) is 0 Å². The van der Waals surface area contributed by atoms with Gasteiger partial charge in [0.15, 0.2) is 0 Å². The molecule has 23 heavy (non-hydrogen) atoms. The Morgan fingerprint density at radius 3 is 2.00 bits per heavy atom. The molecule has 3 rings (SSSR count). The third-order valence-corrected chi connectivity index (χ3v) is 4.07. The topological polar surface area (TPSA) is 23.5 Å². The van der Waals surface area contributed by atoms with Crippen LogP contribution in [-0.4, -0.2) is 19.2 Å². The molecule has 0 saturated carbocycles. The Morgan fingerprint density at radius 2 is 1.35 bits per heavy atom. The fourth-order valence-corrected chi connectivity index (χ4v) is 2.75. The molecule has 116 valence electrons. The zero-order chi connectivity index (χ0) is 16.2. The molecule has 3 aromatic carbocycles. The summed E-state index contributed by atoms with van der Waals surface area (Å²) in [6, 6.07) is 26.2. The molecule has 0 aliphatic heterocycles. The van der Waals surface area contributed by atoms with Gasteiger partial charge in [-0.25, -0.2) is 0 Å². The maximum atomic E-state index is 10.8. The lowest BCUT2D eigenvalue weighted by Gasteiger charge is -2.17. The molecule has 0 heterocycles. The molecule has 0 radical (unpaired) electrons. The van der Waals surface area contributed by atoms with Crippen molar-refractivity contribution in [3.63, 3.8) is 0 Å². The maximum absolute atomic E-state index is 10.8. The molecule has 3 aromatic rings. The van der Waals surface area contributed by atoms with Crippen molar-refractivity contribution in [2.45, 2.75) is 6.10 Å². The normalized spacial score (nSPS) is 12.0. The summed E-state index contributed by atoms with van der Waals surface area (Å²) in [4.78, 5) is 2.08. The van der Waals surface area contributed by atoms with Gasteiger partial charge in [-0.2, -0.15) is 0 Å². The van der Waals surface area contributed by atoms with Crippen LogP contribution in [0.5, 0.6) is 0 Å². The first kappa shape index (κ1) is 15.3. The lowest BCUT2D eigenvalue weighted by molar-refractivity contribution is 0.221. The predicted octanol–water partition coefficient (Wildman–Crippen LogP) is 4.50. The van der Waals surface area contributed by atoms with Crippen molar-refractivity contribution in [1.29, 1.82) is 0 Å². The monoisotopic (exact) mass is 303 g/mol. The second-order valence-corrected chi connectivity index (χ2v) is 5.84. The Kier molecular flexibility index (Phi) is 4.45. The van der Waals surface area contributed by atoms with Crippen molar-refractivity contribution < 1.29 is 5.11 Å². The summed E-state index contributed by atoms with van der Waals surface area (Å²) in [6.45, 7) is 0. The van der Waals surface area contributed by atoms with E-state index >= 15 is 0 Å². The van der Waals surface area contributed by atoms with Gasteiger partial charge in [-0.3, -0.25) is 0 Å². The molecule has 2 nitrogen and oxygen atoms in total. The number of rotatable bonds is 4. The van der Waals surface area contributed by atoms with Crippen LogP contribution in [0.3, 0.4) is 0 Å². The Morgan fingerprint density at radius 1 is 0.739 bits per heavy atom. The first-order valence-electron chi connectivity index (χ1n) is 7.76. The molecular formula is C21H21NO. The van der Waals surface area contributed by atoms with Gasteiger partial charge in [0.1, 0.15) is 6.10 Å². The molecule has 2 heteroatoms. The maximum Gasteiger partial charge on any atom is 0.105 e. The van der Waals surface area contributed by atoms with Crippen molar-refractivity contribution in [2.24, 2.45) is 0 Å². The zero-order valence-corrected chi connectivity index (χ0v) is 13.5. The number of anilines is 1. The molecule has 0 fully saturated rings. The second-order valence-electron chi connectivity index (χ2n) is 5.84. The molecule has 0 saturated heterocycles. The number of aliphatic hydroxyl groups is 1. The summed E-state index contributed by atoms with van der Waals surface area (Å²) in [5, 5.41) is 10.8. The van der Waals surface area contributed by atoms with Crippen molar-refractivity contribution in [3.8, 4) is 11.1 Å². The second kappa shape index (κ2) is 6.67. The van der Waals surface area contributed by atoms with Gasteiger partial charge >= 0.3 is 0 Å². The standard InChI is InChI=1S/C21H21NO/c1-22(2)18-14-12-16(13-15-18)19-10-6-7-11-20(19)21(23)17-8-4-3-5-9-17/h3-15,21,23H,1-2H3. The largest absolute Gasteiger partial charge is 0.384 e. The molecular weight excluding hydrogens is 282 g/mol. The SMILES string of the molecule is CN(C)c1ccc(-c2ccccc2C(O)c2ccccc2)cc1. The van der Waals surface area contributed by atoms with Crippen molar-refractivity contribution in [2.75, 3.05) is 19.0 Å². The molecule has 0 amide bonds. The molecule has 1 unspecified atom stereocenters. The lowest BCUT2D eigenvalue weighted by Crippen LogP contribution is -2.08. The molecule has 0 spiro atoms. The van der Waals surface area contributed by atoms with Gasteiger partial charge in [-0.1, -0.05) is 66.7 Å². The van der Waals surface area contributed by atoms with Gasteiger partial charge < -0.3 is 10.0 Å². The minimum absolute atomic E-state index is 0.624. The summed E-state index contributed by atoms with van der Waals surface area (Å²) >= 11 is 0. The van der Waals surface area contributed by atoms with Crippen LogP contribution in [0, 0.1) is 0 Å². The van der Waals surface area contributed by atoms with E-state index in [4.69, 9.17) is 0 Å². The van der Waals surface area contributed by atoms with E-state index in [1.807, 2.05) is 62.6 Å². The highest BCUT2D eigenvalue weighted by Crippen LogP contribution is 2.32. The Hall–Kier alpha value is -2.58. The van der Waals surface area contributed by atoms with Crippen LogP contribution in [0.25, 0.3) is 11.1 Å². The Labute approximate surface area is 137 Å². The molecule has 0 aliphatic rings. The van der Waals surface area contributed by atoms with Gasteiger partial charge in [0.05, 0.1) is 0 Å².